The summed E-state index contributed by atoms with van der Waals surface area (Å²) in [6.45, 7) is 1.73. The SMILES string of the molecule is CCOc1ccccc1N(CC(=O)N/N=C\c1cccc(OC)c1)S(C)(=O)=O. The molecule has 0 fully saturated rings. The van der Waals surface area contributed by atoms with Gasteiger partial charge in [-0.25, -0.2) is 13.8 Å². The van der Waals surface area contributed by atoms with Crippen molar-refractivity contribution in [3.8, 4) is 11.5 Å². The van der Waals surface area contributed by atoms with Gasteiger partial charge in [-0.15, -0.1) is 0 Å². The van der Waals surface area contributed by atoms with E-state index in [-0.39, 0.29) is 0 Å². The molecule has 1 N–H and O–H groups in total. The molecule has 28 heavy (non-hydrogen) atoms. The van der Waals surface area contributed by atoms with Crippen LogP contribution in [0.5, 0.6) is 11.5 Å². The first-order valence-corrected chi connectivity index (χ1v) is 10.4. The van der Waals surface area contributed by atoms with E-state index in [1.807, 2.05) is 0 Å². The van der Waals surface area contributed by atoms with Crippen molar-refractivity contribution in [2.24, 2.45) is 5.10 Å². The van der Waals surface area contributed by atoms with Crippen LogP contribution in [-0.2, 0) is 14.8 Å². The lowest BCUT2D eigenvalue weighted by Gasteiger charge is -2.23. The van der Waals surface area contributed by atoms with Crippen LogP contribution in [-0.4, -0.2) is 47.1 Å². The van der Waals surface area contributed by atoms with E-state index in [4.69, 9.17) is 9.47 Å². The predicted octanol–water partition coefficient (Wildman–Crippen LogP) is 2.01. The van der Waals surface area contributed by atoms with Crippen LogP contribution in [0, 0.1) is 0 Å². The predicted molar refractivity (Wildman–Crippen MR) is 109 cm³/mol. The van der Waals surface area contributed by atoms with Crippen molar-refractivity contribution < 1.29 is 22.7 Å². The minimum atomic E-state index is -3.72. The Balaban J connectivity index is 2.13. The zero-order chi connectivity index (χ0) is 20.6. The number of rotatable bonds is 9. The lowest BCUT2D eigenvalue weighted by atomic mass is 10.2. The molecule has 2 aromatic rings. The van der Waals surface area contributed by atoms with Crippen molar-refractivity contribution in [2.75, 3.05) is 30.8 Å². The lowest BCUT2D eigenvalue weighted by Crippen LogP contribution is -2.39. The molecule has 2 aromatic carbocycles. The van der Waals surface area contributed by atoms with E-state index in [1.54, 1.807) is 62.6 Å². The standard InChI is InChI=1S/C19H23N3O5S/c1-4-27-18-11-6-5-10-17(18)22(28(3,24)25)14-19(23)21-20-13-15-8-7-9-16(12-15)26-2/h5-13H,4,14H2,1-3H3,(H,21,23)/b20-13-. The van der Waals surface area contributed by atoms with Crippen molar-refractivity contribution in [1.82, 2.24) is 5.43 Å². The first-order valence-electron chi connectivity index (χ1n) is 8.50. The number of nitrogens with one attached hydrogen (secondary N) is 1. The van der Waals surface area contributed by atoms with Gasteiger partial charge >= 0.3 is 0 Å². The second-order valence-corrected chi connectivity index (χ2v) is 7.65. The lowest BCUT2D eigenvalue weighted by molar-refractivity contribution is -0.119. The average Bonchev–Trinajstić information content (AvgIpc) is 2.66. The van der Waals surface area contributed by atoms with Crippen LogP contribution >= 0.6 is 0 Å². The fourth-order valence-electron chi connectivity index (χ4n) is 2.39. The molecule has 2 rings (SSSR count). The van der Waals surface area contributed by atoms with Gasteiger partial charge in [0.05, 0.1) is 31.9 Å². The van der Waals surface area contributed by atoms with E-state index in [0.29, 0.717) is 23.8 Å². The summed E-state index contributed by atoms with van der Waals surface area (Å²) < 4.78 is 36.0. The van der Waals surface area contributed by atoms with Crippen LogP contribution in [0.2, 0.25) is 0 Å². The number of sulfonamides is 1. The number of para-hydroxylation sites is 2. The molecule has 1 amide bonds. The first kappa shape index (κ1) is 21.2. The average molecular weight is 405 g/mol. The molecule has 0 spiro atoms. The maximum atomic E-state index is 12.3. The summed E-state index contributed by atoms with van der Waals surface area (Å²) in [5.74, 6) is 0.449. The Bertz CT molecular complexity index is 944. The van der Waals surface area contributed by atoms with E-state index in [2.05, 4.69) is 10.5 Å². The minimum absolute atomic E-state index is 0.291. The highest BCUT2D eigenvalue weighted by Crippen LogP contribution is 2.29. The van der Waals surface area contributed by atoms with Crippen molar-refractivity contribution >= 4 is 27.8 Å². The van der Waals surface area contributed by atoms with Crippen LogP contribution in [0.15, 0.2) is 53.6 Å². The van der Waals surface area contributed by atoms with E-state index >= 15 is 0 Å². The molecule has 0 aliphatic rings. The number of nitrogens with zero attached hydrogens (tertiary/aromatic N) is 2. The van der Waals surface area contributed by atoms with E-state index in [0.717, 1.165) is 16.1 Å². The van der Waals surface area contributed by atoms with Gasteiger partial charge in [0.1, 0.15) is 18.0 Å². The molecule has 0 aromatic heterocycles. The number of ether oxygens (including phenoxy) is 2. The van der Waals surface area contributed by atoms with Gasteiger partial charge in [-0.3, -0.25) is 9.10 Å². The largest absolute Gasteiger partial charge is 0.497 e. The zero-order valence-electron chi connectivity index (χ0n) is 16.0. The topological polar surface area (TPSA) is 97.3 Å². The highest BCUT2D eigenvalue weighted by molar-refractivity contribution is 7.92. The van der Waals surface area contributed by atoms with Crippen LogP contribution in [0.1, 0.15) is 12.5 Å². The summed E-state index contributed by atoms with van der Waals surface area (Å²) in [5, 5.41) is 3.87. The molecular weight excluding hydrogens is 382 g/mol. The molecule has 0 saturated carbocycles. The fourth-order valence-corrected chi connectivity index (χ4v) is 3.25. The molecule has 0 aliphatic carbocycles. The third kappa shape index (κ3) is 5.98. The Morgan fingerprint density at radius 3 is 2.64 bits per heavy atom. The second kappa shape index (κ2) is 9.75. The molecule has 0 heterocycles. The molecular formula is C19H23N3O5S. The molecule has 8 nitrogen and oxygen atoms in total. The van der Waals surface area contributed by atoms with Crippen LogP contribution in [0.25, 0.3) is 0 Å². The van der Waals surface area contributed by atoms with Gasteiger partial charge in [0.25, 0.3) is 5.91 Å². The normalized spacial score (nSPS) is 11.2. The quantitative estimate of drug-likeness (QED) is 0.508. The smallest absolute Gasteiger partial charge is 0.260 e. The summed E-state index contributed by atoms with van der Waals surface area (Å²) in [7, 11) is -2.16. The molecule has 0 saturated heterocycles. The summed E-state index contributed by atoms with van der Waals surface area (Å²) >= 11 is 0. The third-order valence-electron chi connectivity index (χ3n) is 3.62. The molecule has 0 unspecified atom stereocenters. The number of carbonyl (C=O) groups excluding carboxylic acids is 1. The number of hydrogen-bond donors (Lipinski definition) is 1. The van der Waals surface area contributed by atoms with Gasteiger partial charge in [-0.05, 0) is 36.8 Å². The summed E-state index contributed by atoms with van der Waals surface area (Å²) in [4.78, 5) is 12.3. The highest BCUT2D eigenvalue weighted by Gasteiger charge is 2.23. The number of benzene rings is 2. The minimum Gasteiger partial charge on any atom is -0.497 e. The molecule has 0 bridgehead atoms. The number of amides is 1. The Morgan fingerprint density at radius 2 is 1.96 bits per heavy atom. The van der Waals surface area contributed by atoms with Crippen molar-refractivity contribution in [2.45, 2.75) is 6.92 Å². The Labute approximate surface area is 164 Å². The number of anilines is 1. The Hall–Kier alpha value is -3.07. The van der Waals surface area contributed by atoms with Gasteiger partial charge in [0.2, 0.25) is 10.0 Å². The molecule has 0 aliphatic heterocycles. The van der Waals surface area contributed by atoms with Crippen molar-refractivity contribution in [3.63, 3.8) is 0 Å². The van der Waals surface area contributed by atoms with Crippen LogP contribution in [0.4, 0.5) is 5.69 Å². The Kier molecular flexibility index (Phi) is 7.39. The van der Waals surface area contributed by atoms with Crippen molar-refractivity contribution in [1.29, 1.82) is 0 Å². The second-order valence-electron chi connectivity index (χ2n) is 5.74. The van der Waals surface area contributed by atoms with Gasteiger partial charge in [-0.2, -0.15) is 5.10 Å². The number of methoxy groups -OCH3 is 1. The number of carbonyl (C=O) groups is 1. The van der Waals surface area contributed by atoms with Gasteiger partial charge in [0.15, 0.2) is 0 Å². The summed E-state index contributed by atoms with van der Waals surface area (Å²) in [5.41, 5.74) is 3.35. The van der Waals surface area contributed by atoms with Crippen molar-refractivity contribution in [3.05, 3.63) is 54.1 Å². The third-order valence-corrected chi connectivity index (χ3v) is 4.74. The maximum Gasteiger partial charge on any atom is 0.260 e. The zero-order valence-corrected chi connectivity index (χ0v) is 16.8. The molecule has 0 atom stereocenters. The fraction of sp³-hybridized carbons (Fsp3) is 0.263. The Morgan fingerprint density at radius 1 is 1.21 bits per heavy atom. The summed E-state index contributed by atoms with van der Waals surface area (Å²) in [6.07, 6.45) is 2.47. The van der Waals surface area contributed by atoms with Crippen LogP contribution in [0.3, 0.4) is 0 Å². The summed E-state index contributed by atoms with van der Waals surface area (Å²) in [6, 6.07) is 13.8. The van der Waals surface area contributed by atoms with Gasteiger partial charge in [-0.1, -0.05) is 24.3 Å². The molecule has 0 radical (unpaired) electrons. The first-order chi connectivity index (χ1) is 13.3. The number of hydrazone groups is 1. The highest BCUT2D eigenvalue weighted by atomic mass is 32.2. The van der Waals surface area contributed by atoms with E-state index < -0.39 is 22.5 Å². The maximum absolute atomic E-state index is 12.3. The van der Waals surface area contributed by atoms with Gasteiger partial charge in [0, 0.05) is 0 Å². The van der Waals surface area contributed by atoms with E-state index in [1.165, 1.54) is 6.21 Å². The van der Waals surface area contributed by atoms with E-state index in [9.17, 15) is 13.2 Å². The van der Waals surface area contributed by atoms with Crippen LogP contribution < -0.4 is 19.2 Å². The monoisotopic (exact) mass is 405 g/mol. The molecule has 9 heteroatoms. The molecule has 150 valence electrons. The number of hydrogen-bond acceptors (Lipinski definition) is 6. The van der Waals surface area contributed by atoms with Gasteiger partial charge < -0.3 is 9.47 Å².